The molecular formula is C21H23NO4. The molecule has 2 aromatic rings. The van der Waals surface area contributed by atoms with Gasteiger partial charge in [0, 0.05) is 6.54 Å². The summed E-state index contributed by atoms with van der Waals surface area (Å²) in [5.41, 5.74) is 2.49. The quantitative estimate of drug-likeness (QED) is 0.384. The van der Waals surface area contributed by atoms with E-state index >= 15 is 0 Å². The van der Waals surface area contributed by atoms with Crippen molar-refractivity contribution in [3.63, 3.8) is 0 Å². The van der Waals surface area contributed by atoms with Gasteiger partial charge in [0.1, 0.15) is 17.0 Å². The molecule has 0 radical (unpaired) electrons. The Kier molecular flexibility index (Phi) is 6.44. The third-order valence-electron chi connectivity index (χ3n) is 3.77. The molecule has 0 spiro atoms. The molecule has 0 aliphatic heterocycles. The molecule has 5 heteroatoms. The SMILES string of the molecule is COc1cc(/C=C/c2ccccc2)c(C(=O)O)c(O)c1NCC=C(C)C. The number of aromatic carboxylic acids is 1. The van der Waals surface area contributed by atoms with E-state index in [0.717, 1.165) is 11.1 Å². The summed E-state index contributed by atoms with van der Waals surface area (Å²) in [5.74, 6) is -1.17. The predicted octanol–water partition coefficient (Wildman–Crippen LogP) is 4.65. The number of ether oxygens (including phenoxy) is 1. The van der Waals surface area contributed by atoms with Crippen LogP contribution in [0.4, 0.5) is 5.69 Å². The topological polar surface area (TPSA) is 78.8 Å². The summed E-state index contributed by atoms with van der Waals surface area (Å²) in [7, 11) is 1.48. The number of rotatable bonds is 7. The van der Waals surface area contributed by atoms with E-state index in [1.165, 1.54) is 7.11 Å². The number of hydrogen-bond donors (Lipinski definition) is 3. The van der Waals surface area contributed by atoms with Gasteiger partial charge in [-0.15, -0.1) is 0 Å². The molecule has 0 amide bonds. The molecule has 0 aliphatic rings. The van der Waals surface area contributed by atoms with Gasteiger partial charge < -0.3 is 20.3 Å². The normalized spacial score (nSPS) is 10.6. The van der Waals surface area contributed by atoms with Crippen molar-refractivity contribution in [2.45, 2.75) is 13.8 Å². The maximum atomic E-state index is 11.7. The van der Waals surface area contributed by atoms with Crippen LogP contribution in [0.15, 0.2) is 48.0 Å². The van der Waals surface area contributed by atoms with Crippen molar-refractivity contribution in [3.05, 3.63) is 64.7 Å². The molecule has 136 valence electrons. The second-order valence-electron chi connectivity index (χ2n) is 5.98. The summed E-state index contributed by atoms with van der Waals surface area (Å²) in [6, 6.07) is 11.1. The molecule has 0 heterocycles. The highest BCUT2D eigenvalue weighted by molar-refractivity contribution is 5.99. The minimum Gasteiger partial charge on any atom is -0.505 e. The number of benzene rings is 2. The lowest BCUT2D eigenvalue weighted by Gasteiger charge is -2.16. The highest BCUT2D eigenvalue weighted by Crippen LogP contribution is 2.40. The first-order valence-electron chi connectivity index (χ1n) is 8.21. The van der Waals surface area contributed by atoms with Crippen molar-refractivity contribution in [1.82, 2.24) is 0 Å². The van der Waals surface area contributed by atoms with Crippen LogP contribution in [0.1, 0.15) is 35.3 Å². The van der Waals surface area contributed by atoms with E-state index in [0.29, 0.717) is 17.9 Å². The molecule has 26 heavy (non-hydrogen) atoms. The van der Waals surface area contributed by atoms with Gasteiger partial charge in [-0.1, -0.05) is 54.1 Å². The number of methoxy groups -OCH3 is 1. The average molecular weight is 353 g/mol. The minimum atomic E-state index is -1.21. The van der Waals surface area contributed by atoms with Crippen LogP contribution in [0.2, 0.25) is 0 Å². The predicted molar refractivity (Wildman–Crippen MR) is 105 cm³/mol. The van der Waals surface area contributed by atoms with Crippen molar-refractivity contribution >= 4 is 23.8 Å². The standard InChI is InChI=1S/C21H23NO4/c1-14(2)11-12-22-19-17(26-3)13-16(18(20(19)23)21(24)25)10-9-15-7-5-4-6-8-15/h4-11,13,22-23H,12H2,1-3H3,(H,24,25)/b10-9+. The second kappa shape index (κ2) is 8.76. The zero-order chi connectivity index (χ0) is 19.1. The van der Waals surface area contributed by atoms with Crippen LogP contribution in [0.3, 0.4) is 0 Å². The van der Waals surface area contributed by atoms with Gasteiger partial charge in [0.15, 0.2) is 5.75 Å². The molecule has 0 saturated carbocycles. The summed E-state index contributed by atoms with van der Waals surface area (Å²) < 4.78 is 5.34. The molecule has 3 N–H and O–H groups in total. The Balaban J connectivity index is 2.48. The molecule has 0 fully saturated rings. The molecule has 0 aromatic heterocycles. The van der Waals surface area contributed by atoms with E-state index in [1.54, 1.807) is 18.2 Å². The van der Waals surface area contributed by atoms with Crippen LogP contribution in [0.5, 0.6) is 11.5 Å². The molecular weight excluding hydrogens is 330 g/mol. The number of allylic oxidation sites excluding steroid dienone is 1. The summed E-state index contributed by atoms with van der Waals surface area (Å²) in [6.07, 6.45) is 5.38. The molecule has 5 nitrogen and oxygen atoms in total. The first-order valence-corrected chi connectivity index (χ1v) is 8.21. The highest BCUT2D eigenvalue weighted by Gasteiger charge is 2.21. The van der Waals surface area contributed by atoms with Crippen LogP contribution in [-0.2, 0) is 0 Å². The number of nitrogens with one attached hydrogen (secondary N) is 1. The number of aromatic hydroxyl groups is 1. The highest BCUT2D eigenvalue weighted by atomic mass is 16.5. The number of anilines is 1. The van der Waals surface area contributed by atoms with E-state index in [4.69, 9.17) is 4.74 Å². The molecule has 0 bridgehead atoms. The third kappa shape index (κ3) is 4.66. The summed E-state index contributed by atoms with van der Waals surface area (Å²) in [4.78, 5) is 11.7. The Labute approximate surface area is 153 Å². The van der Waals surface area contributed by atoms with Crippen LogP contribution in [-0.4, -0.2) is 29.8 Å². The van der Waals surface area contributed by atoms with Gasteiger partial charge in [-0.05, 0) is 31.0 Å². The number of carboxylic acids is 1. The van der Waals surface area contributed by atoms with Crippen molar-refractivity contribution in [1.29, 1.82) is 0 Å². The van der Waals surface area contributed by atoms with Gasteiger partial charge in [-0.3, -0.25) is 0 Å². The number of hydrogen-bond acceptors (Lipinski definition) is 4. The molecule has 0 saturated heterocycles. The minimum absolute atomic E-state index is 0.169. The molecule has 2 rings (SSSR count). The third-order valence-corrected chi connectivity index (χ3v) is 3.77. The Hall–Kier alpha value is -3.21. The summed E-state index contributed by atoms with van der Waals surface area (Å²) in [6.45, 7) is 4.36. The van der Waals surface area contributed by atoms with Crippen LogP contribution < -0.4 is 10.1 Å². The van der Waals surface area contributed by atoms with Gasteiger partial charge >= 0.3 is 5.97 Å². The van der Waals surface area contributed by atoms with Crippen LogP contribution >= 0.6 is 0 Å². The van der Waals surface area contributed by atoms with E-state index in [-0.39, 0.29) is 17.0 Å². The lowest BCUT2D eigenvalue weighted by molar-refractivity contribution is 0.0693. The van der Waals surface area contributed by atoms with Gasteiger partial charge in [0.05, 0.1) is 7.11 Å². The maximum absolute atomic E-state index is 11.7. The van der Waals surface area contributed by atoms with E-state index in [2.05, 4.69) is 5.32 Å². The number of carbonyl (C=O) groups is 1. The number of phenols is 1. The summed E-state index contributed by atoms with van der Waals surface area (Å²) in [5, 5.41) is 23.1. The maximum Gasteiger partial charge on any atom is 0.340 e. The molecule has 0 aliphatic carbocycles. The van der Waals surface area contributed by atoms with Gasteiger partial charge in [-0.2, -0.15) is 0 Å². The van der Waals surface area contributed by atoms with Crippen molar-refractivity contribution < 1.29 is 19.7 Å². The van der Waals surface area contributed by atoms with Crippen molar-refractivity contribution in [2.75, 3.05) is 19.0 Å². The fraction of sp³-hybridized carbons (Fsp3) is 0.190. The number of carboxylic acid groups (broad SMARTS) is 1. The fourth-order valence-electron chi connectivity index (χ4n) is 2.46. The Morgan fingerprint density at radius 1 is 1.19 bits per heavy atom. The smallest absolute Gasteiger partial charge is 0.340 e. The molecule has 0 unspecified atom stereocenters. The van der Waals surface area contributed by atoms with Crippen LogP contribution in [0, 0.1) is 0 Å². The fourth-order valence-corrected chi connectivity index (χ4v) is 2.46. The van der Waals surface area contributed by atoms with E-state index in [1.807, 2.05) is 50.3 Å². The lowest BCUT2D eigenvalue weighted by atomic mass is 10.0. The van der Waals surface area contributed by atoms with E-state index in [9.17, 15) is 15.0 Å². The monoisotopic (exact) mass is 353 g/mol. The van der Waals surface area contributed by atoms with E-state index < -0.39 is 5.97 Å². The van der Waals surface area contributed by atoms with Gasteiger partial charge in [0.2, 0.25) is 0 Å². The summed E-state index contributed by atoms with van der Waals surface area (Å²) >= 11 is 0. The largest absolute Gasteiger partial charge is 0.505 e. The van der Waals surface area contributed by atoms with Crippen LogP contribution in [0.25, 0.3) is 12.2 Å². The Morgan fingerprint density at radius 2 is 1.88 bits per heavy atom. The Morgan fingerprint density at radius 3 is 2.46 bits per heavy atom. The molecule has 2 aromatic carbocycles. The second-order valence-corrected chi connectivity index (χ2v) is 5.98. The average Bonchev–Trinajstić information content (AvgIpc) is 2.61. The van der Waals surface area contributed by atoms with Crippen molar-refractivity contribution in [3.8, 4) is 11.5 Å². The molecule has 0 atom stereocenters. The lowest BCUT2D eigenvalue weighted by Crippen LogP contribution is -2.07. The zero-order valence-corrected chi connectivity index (χ0v) is 15.1. The Bertz CT molecular complexity index is 835. The van der Waals surface area contributed by atoms with Gasteiger partial charge in [0.25, 0.3) is 0 Å². The zero-order valence-electron chi connectivity index (χ0n) is 15.1. The van der Waals surface area contributed by atoms with Crippen molar-refractivity contribution in [2.24, 2.45) is 0 Å². The first-order chi connectivity index (χ1) is 12.4. The van der Waals surface area contributed by atoms with Gasteiger partial charge in [-0.25, -0.2) is 4.79 Å². The first kappa shape index (κ1) is 19.1.